The number of urea groups is 2. The topological polar surface area (TPSA) is 208 Å². The molecule has 3 unspecified atom stereocenters. The molecule has 0 bridgehead atoms. The smallest absolute Gasteiger partial charge is 0.321 e. The molecule has 2 aliphatic carbocycles. The largest absolute Gasteiger partial charge is 0.415 e. The number of likely N-dealkylation sites (tertiary alicyclic amines) is 2. The lowest BCUT2D eigenvalue weighted by Crippen LogP contribution is -2.41. The second-order valence-electron chi connectivity index (χ2n) is 30.8. The molecular formula is C70H107ClN14O4Si2. The van der Waals surface area contributed by atoms with Gasteiger partial charge in [0.25, 0.3) is 0 Å². The minimum atomic E-state index is -1.80. The van der Waals surface area contributed by atoms with Crippen molar-refractivity contribution in [3.05, 3.63) is 107 Å². The predicted molar refractivity (Wildman–Crippen MR) is 376 cm³/mol. The molecule has 4 amide bonds. The molecule has 10 rings (SSSR count). The second-order valence-corrected chi connectivity index (χ2v) is 40.7. The van der Waals surface area contributed by atoms with Gasteiger partial charge < -0.3 is 40.3 Å². The summed E-state index contributed by atoms with van der Waals surface area (Å²) in [5.74, 6) is 1.59. The van der Waals surface area contributed by atoms with E-state index in [1.165, 1.54) is 28.7 Å². The van der Waals surface area contributed by atoms with Crippen LogP contribution in [0.15, 0.2) is 79.6 Å². The molecule has 6 heterocycles. The van der Waals surface area contributed by atoms with E-state index in [9.17, 15) is 9.59 Å². The first-order valence-corrected chi connectivity index (χ1v) is 39.5. The number of hydrogen-bond acceptors (Lipinski definition) is 12. The minimum absolute atomic E-state index is 0.00196. The van der Waals surface area contributed by atoms with E-state index in [1.54, 1.807) is 24.8 Å². The van der Waals surface area contributed by atoms with E-state index in [2.05, 4.69) is 181 Å². The molecule has 2 fully saturated rings. The number of carbonyl (C=O) groups excluding carboxylic acids is 2. The summed E-state index contributed by atoms with van der Waals surface area (Å²) in [5, 5.41) is 19.3. The number of nitrogens with one attached hydrogen (secondary N) is 3. The van der Waals surface area contributed by atoms with Crippen LogP contribution in [0.3, 0.4) is 0 Å². The van der Waals surface area contributed by atoms with E-state index in [0.29, 0.717) is 43.2 Å². The van der Waals surface area contributed by atoms with Crippen LogP contribution in [0.2, 0.25) is 41.5 Å². The number of rotatable bonds is 14. The summed E-state index contributed by atoms with van der Waals surface area (Å²) in [5.41, 5.74) is 17.3. The van der Waals surface area contributed by atoms with E-state index in [1.807, 2.05) is 43.7 Å². The van der Waals surface area contributed by atoms with Gasteiger partial charge in [-0.1, -0.05) is 108 Å². The van der Waals surface area contributed by atoms with Crippen LogP contribution in [0.4, 0.5) is 32.6 Å². The van der Waals surface area contributed by atoms with Crippen molar-refractivity contribution in [1.82, 2.24) is 54.6 Å². The molecule has 0 saturated carbocycles. The summed E-state index contributed by atoms with van der Waals surface area (Å²) in [6, 6.07) is 14.7. The Balaban J connectivity index is 0.000000198. The Morgan fingerprint density at radius 2 is 1.20 bits per heavy atom. The third-order valence-corrected chi connectivity index (χ3v) is 29.2. The number of benzene rings is 2. The average molecular weight is 1300 g/mol. The SMILES string of the molecule is CC(C)(C)C1CCN(C(=O)NC2CCCCc3cc(-c4ccnc(Cl)n4)ccc32)C1.CC(C)(C)C1CCN(C(=O)Nc2cc(-c3ccnc(Nc4cnn(CCO[Si](C)(C)C(C)(C)C)c4)n3)cc3c2CCCCC3)C1.CC(C)(C)[Si](C)(C)OCCn1cc(N)cn1. The molecule has 0 spiro atoms. The van der Waals surface area contributed by atoms with E-state index >= 15 is 0 Å². The molecule has 21 heteroatoms. The normalized spacial score (nSPS) is 18.2. The first-order chi connectivity index (χ1) is 42.7. The van der Waals surface area contributed by atoms with Crippen molar-refractivity contribution in [1.29, 1.82) is 0 Å². The summed E-state index contributed by atoms with van der Waals surface area (Å²) in [4.78, 5) is 48.2. The molecule has 6 aromatic rings. The zero-order chi connectivity index (χ0) is 66.1. The number of carbonyl (C=O) groups is 2. The Labute approximate surface area is 550 Å². The van der Waals surface area contributed by atoms with Gasteiger partial charge in [-0.2, -0.15) is 10.2 Å². The molecule has 91 heavy (non-hydrogen) atoms. The van der Waals surface area contributed by atoms with Crippen LogP contribution in [0.1, 0.15) is 163 Å². The summed E-state index contributed by atoms with van der Waals surface area (Å²) in [7, 11) is -3.42. The van der Waals surface area contributed by atoms with E-state index < -0.39 is 16.6 Å². The van der Waals surface area contributed by atoms with Crippen molar-refractivity contribution < 1.29 is 18.4 Å². The van der Waals surface area contributed by atoms with Gasteiger partial charge in [-0.25, -0.2) is 29.5 Å². The monoisotopic (exact) mass is 1300 g/mol. The first kappa shape index (κ1) is 70.7. The van der Waals surface area contributed by atoms with E-state index in [0.717, 1.165) is 131 Å². The summed E-state index contributed by atoms with van der Waals surface area (Å²) < 4.78 is 16.1. The van der Waals surface area contributed by atoms with Crippen LogP contribution in [0, 0.1) is 22.7 Å². The fourth-order valence-electron chi connectivity index (χ4n) is 11.8. The Bertz CT molecular complexity index is 3390. The molecule has 0 radical (unpaired) electrons. The van der Waals surface area contributed by atoms with Gasteiger partial charge in [-0.05, 0) is 181 Å². The molecule has 2 aromatic carbocycles. The minimum Gasteiger partial charge on any atom is -0.415 e. The van der Waals surface area contributed by atoms with Crippen molar-refractivity contribution in [3.63, 3.8) is 0 Å². The number of nitrogen functional groups attached to an aromatic ring is 1. The Hall–Kier alpha value is -6.20. The molecule has 5 N–H and O–H groups in total. The molecule has 496 valence electrons. The highest BCUT2D eigenvalue weighted by atomic mass is 35.5. The number of aryl methyl sites for hydroxylation is 2. The fraction of sp³-hybridized carbons (Fsp3) is 0.600. The summed E-state index contributed by atoms with van der Waals surface area (Å²) in [6.07, 6.45) is 22.6. The lowest BCUT2D eigenvalue weighted by Gasteiger charge is -2.36. The van der Waals surface area contributed by atoms with E-state index in [-0.39, 0.29) is 44.3 Å². The number of nitrogens with zero attached hydrogens (tertiary/aromatic N) is 10. The Morgan fingerprint density at radius 3 is 1.79 bits per heavy atom. The maximum Gasteiger partial charge on any atom is 0.321 e. The molecule has 18 nitrogen and oxygen atoms in total. The van der Waals surface area contributed by atoms with Crippen LogP contribution >= 0.6 is 11.6 Å². The number of amides is 4. The number of anilines is 4. The number of fused-ring (bicyclic) bond motifs is 2. The first-order valence-electron chi connectivity index (χ1n) is 33.3. The van der Waals surface area contributed by atoms with Crippen LogP contribution in [0.5, 0.6) is 0 Å². The highest BCUT2D eigenvalue weighted by Gasteiger charge is 2.39. The van der Waals surface area contributed by atoms with Crippen molar-refractivity contribution in [2.24, 2.45) is 22.7 Å². The molecule has 4 aliphatic rings. The Kier molecular flexibility index (Phi) is 23.2. The molecule has 4 aromatic heterocycles. The molecule has 2 aliphatic heterocycles. The quantitative estimate of drug-likeness (QED) is 0.0456. The fourth-order valence-corrected chi connectivity index (χ4v) is 14.0. The molecule has 2 saturated heterocycles. The second kappa shape index (κ2) is 29.8. The van der Waals surface area contributed by atoms with Gasteiger partial charge in [-0.15, -0.1) is 0 Å². The summed E-state index contributed by atoms with van der Waals surface area (Å²) >= 11 is 5.97. The van der Waals surface area contributed by atoms with Crippen LogP contribution in [-0.4, -0.2) is 117 Å². The van der Waals surface area contributed by atoms with Gasteiger partial charge in [0.1, 0.15) is 0 Å². The predicted octanol–water partition coefficient (Wildman–Crippen LogP) is 16.4. The van der Waals surface area contributed by atoms with Crippen LogP contribution in [-0.2, 0) is 41.2 Å². The van der Waals surface area contributed by atoms with Crippen LogP contribution < -0.4 is 21.7 Å². The maximum atomic E-state index is 13.5. The number of aromatic nitrogens is 8. The van der Waals surface area contributed by atoms with Gasteiger partial charge in [0.2, 0.25) is 11.2 Å². The van der Waals surface area contributed by atoms with E-state index in [4.69, 9.17) is 31.2 Å². The average Bonchev–Trinajstić information content (AvgIpc) is 2.00. The summed E-state index contributed by atoms with van der Waals surface area (Å²) in [6.45, 7) is 42.2. The van der Waals surface area contributed by atoms with Crippen molar-refractivity contribution in [2.75, 3.05) is 55.8 Å². The maximum absolute atomic E-state index is 13.5. The number of nitrogens with two attached hydrogens (primary N) is 1. The van der Waals surface area contributed by atoms with Crippen LogP contribution in [0.25, 0.3) is 22.5 Å². The number of halogens is 1. The van der Waals surface area contributed by atoms with Gasteiger partial charge >= 0.3 is 12.1 Å². The van der Waals surface area contributed by atoms with Crippen molar-refractivity contribution in [3.8, 4) is 22.5 Å². The van der Waals surface area contributed by atoms with Gasteiger partial charge in [0, 0.05) is 67.8 Å². The lowest BCUT2D eigenvalue weighted by atomic mass is 9.80. The zero-order valence-corrected chi connectivity index (χ0v) is 60.5. The molecular weight excluding hydrogens is 1190 g/mol. The van der Waals surface area contributed by atoms with Gasteiger partial charge in [0.15, 0.2) is 16.6 Å². The third-order valence-electron chi connectivity index (χ3n) is 20.0. The lowest BCUT2D eigenvalue weighted by molar-refractivity contribution is 0.192. The standard InChI is InChI=1S/C35H53N7O2Si.C24H31ClN4O.C11H23N3OSi/c1-34(2,3)27-15-17-41(23-27)33(43)40-31-21-26(20-25-12-10-9-11-13-29(25)31)30-14-16-36-32(39-30)38-28-22-37-42(24-28)18-19-44-45(7,8)35(4,5)6;1-24(2,3)18-11-13-29(15-18)23(30)28-21-7-5-4-6-16-14-17(8-9-19(16)21)20-10-12-26-22(25)27-20;1-11(2,3)16(4,5)15-7-6-14-9-10(12)8-13-14/h14,16,20-22,24,27H,9-13,15,17-19,23H2,1-8H3,(H,40,43)(H,36,38,39);8-10,12,14,18,21H,4-7,11,13,15H2,1-3H3,(H,28,30);8-9H,6-7,12H2,1-5H3. The third kappa shape index (κ3) is 19.4. The zero-order valence-electron chi connectivity index (χ0n) is 57.7. The Morgan fingerprint density at radius 1 is 0.637 bits per heavy atom. The molecule has 3 atom stereocenters. The van der Waals surface area contributed by atoms with Gasteiger partial charge in [-0.3, -0.25) is 9.36 Å². The number of hydrogen-bond donors (Lipinski definition) is 4. The highest BCUT2D eigenvalue weighted by molar-refractivity contribution is 6.74. The van der Waals surface area contributed by atoms with Crippen molar-refractivity contribution in [2.45, 2.75) is 209 Å². The van der Waals surface area contributed by atoms with Gasteiger partial charge in [0.05, 0.1) is 67.5 Å². The highest BCUT2D eigenvalue weighted by Crippen LogP contribution is 2.40. The van der Waals surface area contributed by atoms with Crippen molar-refractivity contribution >= 4 is 63.3 Å².